The number of nitrogens with one attached hydrogen (secondary N) is 3. The zero-order valence-electron chi connectivity index (χ0n) is 15.7. The molecule has 0 fully saturated rings. The molecule has 1 unspecified atom stereocenters. The van der Waals surface area contributed by atoms with Crippen LogP contribution in [0.25, 0.3) is 22.2 Å². The lowest BCUT2D eigenvalue weighted by Crippen LogP contribution is -2.20. The summed E-state index contributed by atoms with van der Waals surface area (Å²) in [5, 5.41) is 7.39. The predicted molar refractivity (Wildman–Crippen MR) is 110 cm³/mol. The normalized spacial score (nSPS) is 18.6. The van der Waals surface area contributed by atoms with Gasteiger partial charge < -0.3 is 15.6 Å². The van der Waals surface area contributed by atoms with Gasteiger partial charge in [0, 0.05) is 41.3 Å². The molecule has 0 radical (unpaired) electrons. The van der Waals surface area contributed by atoms with Crippen molar-refractivity contribution in [3.05, 3.63) is 59.3 Å². The number of rotatable bonds is 3. The lowest BCUT2D eigenvalue weighted by Gasteiger charge is -2.15. The van der Waals surface area contributed by atoms with Gasteiger partial charge in [-0.25, -0.2) is 4.98 Å². The largest absolute Gasteiger partial charge is 0.366 e. The van der Waals surface area contributed by atoms with Crippen molar-refractivity contribution < 1.29 is 4.79 Å². The van der Waals surface area contributed by atoms with Crippen molar-refractivity contribution in [2.24, 2.45) is 0 Å². The van der Waals surface area contributed by atoms with Crippen LogP contribution in [0.1, 0.15) is 30.5 Å². The van der Waals surface area contributed by atoms with Crippen molar-refractivity contribution in [1.82, 2.24) is 15.3 Å². The molecule has 138 valence electrons. The van der Waals surface area contributed by atoms with Crippen LogP contribution in [0.2, 0.25) is 0 Å². The van der Waals surface area contributed by atoms with Crippen molar-refractivity contribution >= 4 is 23.1 Å². The van der Waals surface area contributed by atoms with Gasteiger partial charge in [-0.15, -0.1) is 0 Å². The van der Waals surface area contributed by atoms with Crippen molar-refractivity contribution in [1.29, 1.82) is 0 Å². The Labute approximate surface area is 158 Å². The molecule has 0 saturated carbocycles. The Hall–Kier alpha value is -3.08. The Balaban J connectivity index is 1.89. The third-order valence-electron chi connectivity index (χ3n) is 5.22. The molecule has 3 aromatic rings. The van der Waals surface area contributed by atoms with Gasteiger partial charge in [0.25, 0.3) is 0 Å². The topological polar surface area (TPSA) is 69.8 Å². The number of hydrogen-bond acceptors (Lipinski definition) is 3. The van der Waals surface area contributed by atoms with E-state index in [1.165, 1.54) is 16.8 Å². The molecule has 3 N–H and O–H groups in total. The molecule has 4 rings (SSSR count). The molecule has 27 heavy (non-hydrogen) atoms. The summed E-state index contributed by atoms with van der Waals surface area (Å²) in [6, 6.07) is 12.6. The summed E-state index contributed by atoms with van der Waals surface area (Å²) >= 11 is 0. The zero-order valence-corrected chi connectivity index (χ0v) is 15.7. The Morgan fingerprint density at radius 2 is 2.15 bits per heavy atom. The van der Waals surface area contributed by atoms with E-state index in [4.69, 9.17) is 4.98 Å². The van der Waals surface area contributed by atoms with E-state index in [9.17, 15) is 4.79 Å². The third-order valence-corrected chi connectivity index (χ3v) is 5.22. The molecule has 1 aliphatic rings. The number of aromatic nitrogens is 2. The summed E-state index contributed by atoms with van der Waals surface area (Å²) in [6.45, 7) is 5.61. The highest BCUT2D eigenvalue weighted by Gasteiger charge is 2.18. The van der Waals surface area contributed by atoms with Crippen molar-refractivity contribution in [2.45, 2.75) is 26.2 Å². The Kier molecular flexibility index (Phi) is 4.67. The molecule has 5 heteroatoms. The van der Waals surface area contributed by atoms with E-state index >= 15 is 0 Å². The van der Waals surface area contributed by atoms with E-state index in [-0.39, 0.29) is 5.92 Å². The molecule has 5 nitrogen and oxygen atoms in total. The molecule has 0 spiro atoms. The van der Waals surface area contributed by atoms with Gasteiger partial charge in [0.1, 0.15) is 5.82 Å². The maximum Gasteiger partial charge on any atom is 0.207 e. The van der Waals surface area contributed by atoms with Crippen molar-refractivity contribution in [3.8, 4) is 11.3 Å². The number of carbonyl (C=O) groups excluding carboxylic acids is 1. The highest BCUT2D eigenvalue weighted by molar-refractivity contribution is 5.93. The number of aryl methyl sites for hydroxylation is 1. The summed E-state index contributed by atoms with van der Waals surface area (Å²) in [7, 11) is 0. The van der Waals surface area contributed by atoms with Crippen molar-refractivity contribution in [3.63, 3.8) is 0 Å². The van der Waals surface area contributed by atoms with Crippen LogP contribution in [-0.4, -0.2) is 29.5 Å². The monoisotopic (exact) mass is 360 g/mol. The number of anilines is 1. The molecule has 0 aliphatic carbocycles. The van der Waals surface area contributed by atoms with Crippen LogP contribution in [0, 0.1) is 6.92 Å². The standard InChI is InChI=1S/C22H24N4O/c1-14-6-7-17(12-23-13-27)21-15(2)10-19(25-21)18-5-3-4-16-8-9-20(24-11-14)26-22(16)18/h3-6,8-10,13,17,25H,7,11-12H2,1-2H3,(H,23,27)(H,24,26)/b14-6+. The SMILES string of the molecule is C/C1=C\CC(CNC=O)c2[nH]c(cc2C)-c2cccc3ccc(nc23)NC1. The van der Waals surface area contributed by atoms with Crippen LogP contribution in [0.5, 0.6) is 0 Å². The van der Waals surface area contributed by atoms with Crippen LogP contribution in [0.4, 0.5) is 5.82 Å². The van der Waals surface area contributed by atoms with Crippen LogP contribution in [-0.2, 0) is 4.79 Å². The third kappa shape index (κ3) is 3.45. The number of nitrogens with zero attached hydrogens (tertiary/aromatic N) is 1. The van der Waals surface area contributed by atoms with Gasteiger partial charge in [0.2, 0.25) is 6.41 Å². The molecular formula is C22H24N4O. The number of amides is 1. The number of hydrogen-bond donors (Lipinski definition) is 3. The molecule has 4 bridgehead atoms. The first kappa shape index (κ1) is 17.3. The minimum Gasteiger partial charge on any atom is -0.366 e. The molecule has 3 heterocycles. The fourth-order valence-electron chi connectivity index (χ4n) is 3.75. The van der Waals surface area contributed by atoms with Gasteiger partial charge in [0.15, 0.2) is 0 Å². The zero-order chi connectivity index (χ0) is 18.8. The second-order valence-corrected chi connectivity index (χ2v) is 7.22. The minimum atomic E-state index is 0.204. The molecule has 1 amide bonds. The van der Waals surface area contributed by atoms with Gasteiger partial charge in [-0.2, -0.15) is 0 Å². The maximum absolute atomic E-state index is 10.9. The summed E-state index contributed by atoms with van der Waals surface area (Å²) in [5.74, 6) is 1.08. The van der Waals surface area contributed by atoms with Crippen LogP contribution in [0.3, 0.4) is 0 Å². The highest BCUT2D eigenvalue weighted by atomic mass is 16.1. The molecule has 2 aromatic heterocycles. The summed E-state index contributed by atoms with van der Waals surface area (Å²) in [4.78, 5) is 19.3. The first-order valence-corrected chi connectivity index (χ1v) is 9.32. The molecular weight excluding hydrogens is 336 g/mol. The lowest BCUT2D eigenvalue weighted by atomic mass is 9.97. The van der Waals surface area contributed by atoms with E-state index in [1.54, 1.807) is 0 Å². The summed E-state index contributed by atoms with van der Waals surface area (Å²) in [5.41, 5.74) is 6.77. The smallest absolute Gasteiger partial charge is 0.207 e. The second-order valence-electron chi connectivity index (χ2n) is 7.22. The minimum absolute atomic E-state index is 0.204. The average molecular weight is 360 g/mol. The fourth-order valence-corrected chi connectivity index (χ4v) is 3.75. The van der Waals surface area contributed by atoms with Crippen LogP contribution >= 0.6 is 0 Å². The first-order chi connectivity index (χ1) is 13.2. The van der Waals surface area contributed by atoms with E-state index in [2.05, 4.69) is 65.9 Å². The van der Waals surface area contributed by atoms with E-state index in [1.807, 2.05) is 6.07 Å². The molecule has 1 atom stereocenters. The average Bonchev–Trinajstić information content (AvgIpc) is 3.06. The fraction of sp³-hybridized carbons (Fsp3) is 0.273. The van der Waals surface area contributed by atoms with E-state index in [0.29, 0.717) is 6.54 Å². The predicted octanol–water partition coefficient (Wildman–Crippen LogP) is 4.13. The molecule has 0 saturated heterocycles. The Bertz CT molecular complexity index is 1020. The quantitative estimate of drug-likeness (QED) is 0.486. The lowest BCUT2D eigenvalue weighted by molar-refractivity contribution is -0.109. The number of pyridine rings is 1. The first-order valence-electron chi connectivity index (χ1n) is 9.32. The number of H-pyrrole nitrogens is 1. The highest BCUT2D eigenvalue weighted by Crippen LogP contribution is 2.32. The van der Waals surface area contributed by atoms with Crippen molar-refractivity contribution in [2.75, 3.05) is 18.4 Å². The summed E-state index contributed by atoms with van der Waals surface area (Å²) < 4.78 is 0. The van der Waals surface area contributed by atoms with Gasteiger partial charge in [-0.3, -0.25) is 4.79 Å². The van der Waals surface area contributed by atoms with E-state index in [0.717, 1.165) is 47.4 Å². The summed E-state index contributed by atoms with van der Waals surface area (Å²) in [6.07, 6.45) is 3.88. The number of carbonyl (C=O) groups is 1. The second kappa shape index (κ2) is 7.27. The maximum atomic E-state index is 10.9. The Morgan fingerprint density at radius 3 is 3.00 bits per heavy atom. The van der Waals surface area contributed by atoms with Gasteiger partial charge in [-0.05, 0) is 44.0 Å². The van der Waals surface area contributed by atoms with Gasteiger partial charge in [-0.1, -0.05) is 29.8 Å². The van der Waals surface area contributed by atoms with Gasteiger partial charge in [0.05, 0.1) is 5.52 Å². The van der Waals surface area contributed by atoms with Gasteiger partial charge >= 0.3 is 0 Å². The number of fused-ring (bicyclic) bond motifs is 4. The van der Waals surface area contributed by atoms with E-state index < -0.39 is 0 Å². The molecule has 1 aliphatic heterocycles. The Morgan fingerprint density at radius 1 is 1.26 bits per heavy atom. The number of allylic oxidation sites excluding steroid dienone is 1. The molecule has 1 aromatic carbocycles. The number of aromatic amines is 1. The van der Waals surface area contributed by atoms with Crippen LogP contribution in [0.15, 0.2) is 48.0 Å². The van der Waals surface area contributed by atoms with Crippen LogP contribution < -0.4 is 10.6 Å². The number of para-hydroxylation sites is 1. The number of benzene rings is 1.